The first kappa shape index (κ1) is 20.4. The third-order valence-electron chi connectivity index (χ3n) is 4.22. The second-order valence-corrected chi connectivity index (χ2v) is 6.28. The molecule has 2 aromatic carbocycles. The number of aliphatic imine (C=N–C) groups is 1. The lowest BCUT2D eigenvalue weighted by atomic mass is 10.0. The summed E-state index contributed by atoms with van der Waals surface area (Å²) in [5, 5.41) is 10.6. The van der Waals surface area contributed by atoms with E-state index in [4.69, 9.17) is 4.74 Å². The largest absolute Gasteiger partial charge is 0.506 e. The summed E-state index contributed by atoms with van der Waals surface area (Å²) in [6, 6.07) is 17.7. The molecule has 0 radical (unpaired) electrons. The predicted octanol–water partition coefficient (Wildman–Crippen LogP) is 4.92. The van der Waals surface area contributed by atoms with Gasteiger partial charge in [-0.1, -0.05) is 54.6 Å². The molecule has 0 unspecified atom stereocenters. The quantitative estimate of drug-likeness (QED) is 0.226. The number of aryl methyl sites for hydroxylation is 2. The molecule has 0 saturated carbocycles. The minimum Gasteiger partial charge on any atom is -0.506 e. The molecule has 0 heterocycles. The fraction of sp³-hybridized carbons (Fsp3) is 0.304. The molecule has 2 aromatic rings. The summed E-state index contributed by atoms with van der Waals surface area (Å²) in [6.07, 6.45) is 4.36. The van der Waals surface area contributed by atoms with Gasteiger partial charge in [-0.05, 0) is 44.2 Å². The number of hydrogen-bond acceptors (Lipinski definition) is 4. The predicted molar refractivity (Wildman–Crippen MR) is 110 cm³/mol. The van der Waals surface area contributed by atoms with Crippen LogP contribution < -0.4 is 0 Å². The van der Waals surface area contributed by atoms with Gasteiger partial charge in [0.1, 0.15) is 11.3 Å². The zero-order valence-electron chi connectivity index (χ0n) is 16.0. The summed E-state index contributed by atoms with van der Waals surface area (Å²) in [6.45, 7) is 4.46. The average Bonchev–Trinajstić information content (AvgIpc) is 2.68. The lowest BCUT2D eigenvalue weighted by Gasteiger charge is -2.09. The lowest BCUT2D eigenvalue weighted by Crippen LogP contribution is -2.12. The van der Waals surface area contributed by atoms with Gasteiger partial charge in [0.05, 0.1) is 6.61 Å². The van der Waals surface area contributed by atoms with E-state index in [1.807, 2.05) is 43.3 Å². The van der Waals surface area contributed by atoms with Gasteiger partial charge < -0.3 is 9.84 Å². The van der Waals surface area contributed by atoms with E-state index in [1.165, 1.54) is 11.8 Å². The number of carbonyl (C=O) groups excluding carboxylic acids is 1. The Hall–Kier alpha value is -2.88. The number of esters is 1. The van der Waals surface area contributed by atoms with Crippen molar-refractivity contribution in [2.24, 2.45) is 4.99 Å². The number of aliphatic hydroxyl groups is 1. The van der Waals surface area contributed by atoms with E-state index < -0.39 is 5.97 Å². The van der Waals surface area contributed by atoms with Crippen LogP contribution in [0, 0.1) is 6.92 Å². The molecule has 0 amide bonds. The molecule has 4 nitrogen and oxygen atoms in total. The minimum absolute atomic E-state index is 0.0919. The Morgan fingerprint density at radius 1 is 1.07 bits per heavy atom. The van der Waals surface area contributed by atoms with Crippen molar-refractivity contribution in [1.29, 1.82) is 0 Å². The van der Waals surface area contributed by atoms with E-state index in [0.717, 1.165) is 24.8 Å². The first-order valence-electron chi connectivity index (χ1n) is 9.33. The second-order valence-electron chi connectivity index (χ2n) is 6.28. The van der Waals surface area contributed by atoms with Crippen molar-refractivity contribution < 1.29 is 14.6 Å². The summed E-state index contributed by atoms with van der Waals surface area (Å²) in [4.78, 5) is 16.6. The Morgan fingerprint density at radius 3 is 2.48 bits per heavy atom. The minimum atomic E-state index is -0.564. The third kappa shape index (κ3) is 6.41. The molecular formula is C23H27NO3. The van der Waals surface area contributed by atoms with E-state index in [1.54, 1.807) is 13.0 Å². The molecule has 0 atom stereocenters. The van der Waals surface area contributed by atoms with Gasteiger partial charge in [-0.25, -0.2) is 4.79 Å². The van der Waals surface area contributed by atoms with E-state index in [0.29, 0.717) is 12.1 Å². The van der Waals surface area contributed by atoms with Crippen LogP contribution in [0.3, 0.4) is 0 Å². The Morgan fingerprint density at radius 2 is 1.78 bits per heavy atom. The molecule has 0 aliphatic rings. The number of benzene rings is 2. The number of nitrogens with zero attached hydrogens (tertiary/aromatic N) is 1. The Kier molecular flexibility index (Phi) is 8.30. The van der Waals surface area contributed by atoms with Gasteiger partial charge in [0.2, 0.25) is 0 Å². The zero-order chi connectivity index (χ0) is 19.5. The molecule has 0 aliphatic carbocycles. The van der Waals surface area contributed by atoms with Crippen LogP contribution in [0.4, 0.5) is 0 Å². The maximum atomic E-state index is 12.2. The van der Waals surface area contributed by atoms with Crippen LogP contribution >= 0.6 is 0 Å². The molecular weight excluding hydrogens is 338 g/mol. The van der Waals surface area contributed by atoms with Crippen molar-refractivity contribution in [3.63, 3.8) is 0 Å². The molecule has 27 heavy (non-hydrogen) atoms. The van der Waals surface area contributed by atoms with Gasteiger partial charge in [0.15, 0.2) is 0 Å². The fourth-order valence-corrected chi connectivity index (χ4v) is 2.74. The maximum Gasteiger partial charge on any atom is 0.343 e. The standard InChI is InChI=1S/C23H27NO3/c1-3-27-23(26)21(22(25)20-15-8-7-11-18(20)2)17-24-16-10-9-14-19-12-5-4-6-13-19/h4-8,11-13,15,17,25H,3,9-10,14,16H2,1-2H3. The monoisotopic (exact) mass is 365 g/mol. The maximum absolute atomic E-state index is 12.2. The normalized spacial score (nSPS) is 12.1. The van der Waals surface area contributed by atoms with Gasteiger partial charge >= 0.3 is 5.97 Å². The number of aliphatic hydroxyl groups excluding tert-OH is 1. The van der Waals surface area contributed by atoms with Crippen LogP contribution in [0.25, 0.3) is 5.76 Å². The van der Waals surface area contributed by atoms with Crippen molar-refractivity contribution in [2.75, 3.05) is 13.2 Å². The molecule has 2 rings (SSSR count). The van der Waals surface area contributed by atoms with E-state index in [9.17, 15) is 9.90 Å². The SMILES string of the molecule is CCOC(=O)C(C=NCCCCc1ccccc1)=C(O)c1ccccc1C. The van der Waals surface area contributed by atoms with Crippen molar-refractivity contribution >= 4 is 17.9 Å². The van der Waals surface area contributed by atoms with Crippen LogP contribution in [0.2, 0.25) is 0 Å². The van der Waals surface area contributed by atoms with Crippen molar-refractivity contribution in [3.05, 3.63) is 76.9 Å². The van der Waals surface area contributed by atoms with Crippen molar-refractivity contribution in [3.8, 4) is 0 Å². The highest BCUT2D eigenvalue weighted by Crippen LogP contribution is 2.20. The smallest absolute Gasteiger partial charge is 0.343 e. The molecule has 0 spiro atoms. The van der Waals surface area contributed by atoms with Gasteiger partial charge in [0, 0.05) is 18.3 Å². The highest BCUT2D eigenvalue weighted by Gasteiger charge is 2.17. The number of hydrogen-bond donors (Lipinski definition) is 1. The summed E-state index contributed by atoms with van der Waals surface area (Å²) >= 11 is 0. The number of rotatable bonds is 9. The highest BCUT2D eigenvalue weighted by molar-refractivity contribution is 6.15. The third-order valence-corrected chi connectivity index (χ3v) is 4.22. The van der Waals surface area contributed by atoms with Crippen LogP contribution in [0.15, 0.2) is 65.2 Å². The van der Waals surface area contributed by atoms with Crippen molar-refractivity contribution in [2.45, 2.75) is 33.1 Å². The lowest BCUT2D eigenvalue weighted by molar-refractivity contribution is -0.137. The summed E-state index contributed by atoms with van der Waals surface area (Å²) in [5.74, 6) is -0.661. The summed E-state index contributed by atoms with van der Waals surface area (Å²) in [5.41, 5.74) is 2.89. The molecule has 0 saturated heterocycles. The van der Waals surface area contributed by atoms with E-state index >= 15 is 0 Å². The summed E-state index contributed by atoms with van der Waals surface area (Å²) in [7, 11) is 0. The van der Waals surface area contributed by atoms with Crippen molar-refractivity contribution in [1.82, 2.24) is 0 Å². The first-order valence-corrected chi connectivity index (χ1v) is 9.33. The summed E-state index contributed by atoms with van der Waals surface area (Å²) < 4.78 is 5.07. The molecule has 0 aromatic heterocycles. The molecule has 1 N–H and O–H groups in total. The Balaban J connectivity index is 2.02. The van der Waals surface area contributed by atoms with Crippen LogP contribution in [-0.2, 0) is 16.0 Å². The number of unbranched alkanes of at least 4 members (excludes halogenated alkanes) is 1. The van der Waals surface area contributed by atoms with Gasteiger partial charge in [0.25, 0.3) is 0 Å². The average molecular weight is 365 g/mol. The topological polar surface area (TPSA) is 58.9 Å². The molecule has 0 fully saturated rings. The fourth-order valence-electron chi connectivity index (χ4n) is 2.74. The Labute approximate surface area is 161 Å². The van der Waals surface area contributed by atoms with E-state index in [2.05, 4.69) is 17.1 Å². The van der Waals surface area contributed by atoms with Gasteiger partial charge in [-0.3, -0.25) is 4.99 Å². The van der Waals surface area contributed by atoms with Crippen LogP contribution in [0.5, 0.6) is 0 Å². The molecule has 0 aliphatic heterocycles. The van der Waals surface area contributed by atoms with Crippen LogP contribution in [-0.4, -0.2) is 30.4 Å². The number of carbonyl (C=O) groups is 1. The van der Waals surface area contributed by atoms with Crippen LogP contribution in [0.1, 0.15) is 36.5 Å². The van der Waals surface area contributed by atoms with Gasteiger partial charge in [-0.15, -0.1) is 0 Å². The molecule has 0 bridgehead atoms. The first-order chi connectivity index (χ1) is 13.1. The zero-order valence-corrected chi connectivity index (χ0v) is 16.0. The van der Waals surface area contributed by atoms with Gasteiger partial charge in [-0.2, -0.15) is 0 Å². The molecule has 142 valence electrons. The molecule has 4 heteroatoms. The highest BCUT2D eigenvalue weighted by atomic mass is 16.5. The second kappa shape index (κ2) is 11.0. The Bertz CT molecular complexity index is 794. The number of ether oxygens (including phenoxy) is 1. The van der Waals surface area contributed by atoms with E-state index in [-0.39, 0.29) is 17.9 Å².